The van der Waals surface area contributed by atoms with Gasteiger partial charge in [0.25, 0.3) is 5.91 Å². The molecule has 1 N–H and O–H groups in total. The molecule has 1 aliphatic rings. The molecule has 0 unspecified atom stereocenters. The molecule has 2 heterocycles. The average Bonchev–Trinajstić information content (AvgIpc) is 2.73. The van der Waals surface area contributed by atoms with Crippen molar-refractivity contribution in [2.24, 2.45) is 0 Å². The summed E-state index contributed by atoms with van der Waals surface area (Å²) in [6, 6.07) is 12.3. The average molecular weight is 383 g/mol. The molecule has 7 nitrogen and oxygen atoms in total. The van der Waals surface area contributed by atoms with Crippen LogP contribution in [0, 0.1) is 0 Å². The minimum absolute atomic E-state index is 0.166. The van der Waals surface area contributed by atoms with E-state index in [1.165, 1.54) is 11.9 Å². The number of aromatic nitrogens is 2. The summed E-state index contributed by atoms with van der Waals surface area (Å²) in [5.41, 5.74) is 1.59. The monoisotopic (exact) mass is 383 g/mol. The zero-order valence-electron chi connectivity index (χ0n) is 16.7. The summed E-state index contributed by atoms with van der Waals surface area (Å²) < 4.78 is 5.34. The molecule has 0 aliphatic carbocycles. The first kappa shape index (κ1) is 20.2. The van der Waals surface area contributed by atoms with Crippen molar-refractivity contribution in [2.45, 2.75) is 26.4 Å². The van der Waals surface area contributed by atoms with Crippen molar-refractivity contribution < 1.29 is 9.53 Å². The standard InChI is InChI=1S/C21H29N5O2/c1-17(2)26(15-18-6-4-3-5-7-18)20-14-19(23-16-24-20)21(27)22-8-9-25-10-12-28-13-11-25/h3-7,14,16-17H,8-13,15H2,1-2H3,(H,22,27). The summed E-state index contributed by atoms with van der Waals surface area (Å²) in [5, 5.41) is 2.96. The van der Waals surface area contributed by atoms with Gasteiger partial charge in [-0.15, -0.1) is 0 Å². The SMILES string of the molecule is CC(C)N(Cc1ccccc1)c1cc(C(=O)NCCN2CCOCC2)ncn1. The largest absolute Gasteiger partial charge is 0.379 e. The summed E-state index contributed by atoms with van der Waals surface area (Å²) in [6.45, 7) is 9.72. The van der Waals surface area contributed by atoms with Crippen LogP contribution in [-0.2, 0) is 11.3 Å². The Morgan fingerprint density at radius 3 is 2.68 bits per heavy atom. The van der Waals surface area contributed by atoms with Crippen LogP contribution in [-0.4, -0.2) is 66.2 Å². The lowest BCUT2D eigenvalue weighted by atomic mass is 10.2. The third-order valence-corrected chi connectivity index (χ3v) is 4.82. The van der Waals surface area contributed by atoms with Crippen molar-refractivity contribution in [3.63, 3.8) is 0 Å². The van der Waals surface area contributed by atoms with Crippen LogP contribution < -0.4 is 10.2 Å². The Hall–Kier alpha value is -2.51. The van der Waals surface area contributed by atoms with Crippen LogP contribution in [0.5, 0.6) is 0 Å². The molecule has 1 saturated heterocycles. The van der Waals surface area contributed by atoms with Gasteiger partial charge in [-0.3, -0.25) is 9.69 Å². The lowest BCUT2D eigenvalue weighted by Crippen LogP contribution is -2.41. The number of anilines is 1. The number of benzene rings is 1. The molecule has 0 atom stereocenters. The smallest absolute Gasteiger partial charge is 0.270 e. The van der Waals surface area contributed by atoms with E-state index in [0.717, 1.165) is 45.2 Å². The highest BCUT2D eigenvalue weighted by molar-refractivity contribution is 5.92. The zero-order chi connectivity index (χ0) is 19.8. The lowest BCUT2D eigenvalue weighted by molar-refractivity contribution is 0.0383. The molecule has 3 rings (SSSR count). The van der Waals surface area contributed by atoms with E-state index in [2.05, 4.69) is 51.1 Å². The second kappa shape index (κ2) is 10.1. The molecule has 2 aromatic rings. The van der Waals surface area contributed by atoms with Crippen molar-refractivity contribution >= 4 is 11.7 Å². The summed E-state index contributed by atoms with van der Waals surface area (Å²) in [5.74, 6) is 0.590. The molecule has 1 aliphatic heterocycles. The first-order valence-electron chi connectivity index (χ1n) is 9.84. The zero-order valence-corrected chi connectivity index (χ0v) is 16.7. The summed E-state index contributed by atoms with van der Waals surface area (Å²) in [6.07, 6.45) is 1.46. The third-order valence-electron chi connectivity index (χ3n) is 4.82. The van der Waals surface area contributed by atoms with Gasteiger partial charge < -0.3 is 15.0 Å². The molecule has 7 heteroatoms. The van der Waals surface area contributed by atoms with Gasteiger partial charge in [0, 0.05) is 44.8 Å². The highest BCUT2D eigenvalue weighted by Crippen LogP contribution is 2.18. The Bertz CT molecular complexity index is 747. The van der Waals surface area contributed by atoms with E-state index in [1.54, 1.807) is 6.07 Å². The fraction of sp³-hybridized carbons (Fsp3) is 0.476. The van der Waals surface area contributed by atoms with Gasteiger partial charge in [-0.05, 0) is 19.4 Å². The number of ether oxygens (including phenoxy) is 1. The molecule has 0 saturated carbocycles. The van der Waals surface area contributed by atoms with Crippen LogP contribution in [0.2, 0.25) is 0 Å². The summed E-state index contributed by atoms with van der Waals surface area (Å²) in [7, 11) is 0. The maximum Gasteiger partial charge on any atom is 0.270 e. The van der Waals surface area contributed by atoms with E-state index in [4.69, 9.17) is 4.74 Å². The van der Waals surface area contributed by atoms with Gasteiger partial charge in [0.2, 0.25) is 0 Å². The molecular formula is C21H29N5O2. The van der Waals surface area contributed by atoms with Crippen molar-refractivity contribution in [1.82, 2.24) is 20.2 Å². The van der Waals surface area contributed by atoms with E-state index in [0.29, 0.717) is 12.2 Å². The van der Waals surface area contributed by atoms with Gasteiger partial charge in [0.1, 0.15) is 17.8 Å². The molecular weight excluding hydrogens is 354 g/mol. The molecule has 1 aromatic heterocycles. The number of nitrogens with one attached hydrogen (secondary N) is 1. The number of carbonyl (C=O) groups excluding carboxylic acids is 1. The number of hydrogen-bond acceptors (Lipinski definition) is 6. The van der Waals surface area contributed by atoms with Gasteiger partial charge in [-0.1, -0.05) is 30.3 Å². The highest BCUT2D eigenvalue weighted by atomic mass is 16.5. The van der Waals surface area contributed by atoms with Crippen LogP contribution in [0.3, 0.4) is 0 Å². The van der Waals surface area contributed by atoms with Crippen LogP contribution in [0.15, 0.2) is 42.7 Å². The fourth-order valence-corrected chi connectivity index (χ4v) is 3.18. The van der Waals surface area contributed by atoms with Gasteiger partial charge in [0.15, 0.2) is 0 Å². The van der Waals surface area contributed by atoms with Crippen LogP contribution in [0.1, 0.15) is 29.9 Å². The van der Waals surface area contributed by atoms with Crippen molar-refractivity contribution in [3.05, 3.63) is 54.0 Å². The van der Waals surface area contributed by atoms with Crippen molar-refractivity contribution in [2.75, 3.05) is 44.3 Å². The second-order valence-electron chi connectivity index (χ2n) is 7.18. The topological polar surface area (TPSA) is 70.6 Å². The number of rotatable bonds is 8. The summed E-state index contributed by atoms with van der Waals surface area (Å²) in [4.78, 5) is 25.6. The molecule has 150 valence electrons. The Balaban J connectivity index is 1.61. The minimum Gasteiger partial charge on any atom is -0.379 e. The second-order valence-corrected chi connectivity index (χ2v) is 7.18. The number of morpholine rings is 1. The quantitative estimate of drug-likeness (QED) is 0.751. The summed E-state index contributed by atoms with van der Waals surface area (Å²) >= 11 is 0. The van der Waals surface area contributed by atoms with E-state index >= 15 is 0 Å². The number of carbonyl (C=O) groups is 1. The van der Waals surface area contributed by atoms with E-state index in [1.807, 2.05) is 18.2 Å². The molecule has 1 amide bonds. The lowest BCUT2D eigenvalue weighted by Gasteiger charge is -2.28. The molecule has 1 fully saturated rings. The fourth-order valence-electron chi connectivity index (χ4n) is 3.18. The van der Waals surface area contributed by atoms with Gasteiger partial charge in [0.05, 0.1) is 13.2 Å². The van der Waals surface area contributed by atoms with Gasteiger partial charge in [-0.2, -0.15) is 0 Å². The van der Waals surface area contributed by atoms with E-state index < -0.39 is 0 Å². The van der Waals surface area contributed by atoms with Crippen LogP contribution in [0.25, 0.3) is 0 Å². The predicted octanol–water partition coefficient (Wildman–Crippen LogP) is 1.95. The normalized spacial score (nSPS) is 14.8. The molecule has 0 radical (unpaired) electrons. The molecule has 1 aromatic carbocycles. The number of nitrogens with zero attached hydrogens (tertiary/aromatic N) is 4. The van der Waals surface area contributed by atoms with Crippen molar-refractivity contribution in [1.29, 1.82) is 0 Å². The van der Waals surface area contributed by atoms with Crippen LogP contribution >= 0.6 is 0 Å². The maximum atomic E-state index is 12.5. The third kappa shape index (κ3) is 5.74. The number of amides is 1. The Labute approximate surface area is 166 Å². The molecule has 0 bridgehead atoms. The molecule has 28 heavy (non-hydrogen) atoms. The van der Waals surface area contributed by atoms with Crippen LogP contribution in [0.4, 0.5) is 5.82 Å². The Kier molecular flexibility index (Phi) is 7.33. The number of hydrogen-bond donors (Lipinski definition) is 1. The Morgan fingerprint density at radius 2 is 1.96 bits per heavy atom. The van der Waals surface area contributed by atoms with Gasteiger partial charge in [-0.25, -0.2) is 9.97 Å². The first-order chi connectivity index (χ1) is 13.6. The predicted molar refractivity (Wildman–Crippen MR) is 109 cm³/mol. The van der Waals surface area contributed by atoms with E-state index in [-0.39, 0.29) is 11.9 Å². The Morgan fingerprint density at radius 1 is 1.21 bits per heavy atom. The maximum absolute atomic E-state index is 12.5. The van der Waals surface area contributed by atoms with E-state index in [9.17, 15) is 4.79 Å². The minimum atomic E-state index is -0.166. The van der Waals surface area contributed by atoms with Crippen molar-refractivity contribution in [3.8, 4) is 0 Å². The molecule has 0 spiro atoms. The first-order valence-corrected chi connectivity index (χ1v) is 9.84. The highest BCUT2D eigenvalue weighted by Gasteiger charge is 2.16. The van der Waals surface area contributed by atoms with Gasteiger partial charge >= 0.3 is 0 Å².